The molecule has 6 nitrogen and oxygen atoms in total. The average molecular weight is 345 g/mol. The number of nitrogens with one attached hydrogen (secondary N) is 1. The van der Waals surface area contributed by atoms with Crippen LogP contribution >= 0.6 is 0 Å². The molecule has 0 spiro atoms. The highest BCUT2D eigenvalue weighted by atomic mass is 16.5. The molecule has 2 heterocycles. The third kappa shape index (κ3) is 5.03. The Hall–Kier alpha value is -1.92. The molecule has 1 unspecified atom stereocenters. The summed E-state index contributed by atoms with van der Waals surface area (Å²) in [5.41, 5.74) is 1.70. The summed E-state index contributed by atoms with van der Waals surface area (Å²) in [6.07, 6.45) is 2.51. The van der Waals surface area contributed by atoms with Gasteiger partial charge in [0.15, 0.2) is 0 Å². The van der Waals surface area contributed by atoms with Crippen LogP contribution in [0.1, 0.15) is 35.2 Å². The molecular formula is C19H27N3O3. The van der Waals surface area contributed by atoms with Crippen LogP contribution in [-0.2, 0) is 16.1 Å². The van der Waals surface area contributed by atoms with Crippen LogP contribution in [0.25, 0.3) is 0 Å². The maximum atomic E-state index is 12.5. The minimum absolute atomic E-state index is 0.0180. The fraction of sp³-hybridized carbons (Fsp3) is 0.579. The minimum atomic E-state index is 0.0180. The SMILES string of the molecule is CN1CCN(C(=O)c2ccc(CNC(=O)CC3CCCO3)cc2)CC1. The van der Waals surface area contributed by atoms with Crippen molar-refractivity contribution in [3.63, 3.8) is 0 Å². The predicted molar refractivity (Wildman–Crippen MR) is 95.3 cm³/mol. The first-order valence-electron chi connectivity index (χ1n) is 9.07. The Morgan fingerprint density at radius 2 is 1.88 bits per heavy atom. The Morgan fingerprint density at radius 1 is 1.16 bits per heavy atom. The fourth-order valence-electron chi connectivity index (χ4n) is 3.24. The van der Waals surface area contributed by atoms with Gasteiger partial charge in [0, 0.05) is 44.9 Å². The molecule has 6 heteroatoms. The van der Waals surface area contributed by atoms with E-state index >= 15 is 0 Å². The lowest BCUT2D eigenvalue weighted by Gasteiger charge is -2.32. The summed E-state index contributed by atoms with van der Waals surface area (Å²) in [5, 5.41) is 2.92. The largest absolute Gasteiger partial charge is 0.378 e. The maximum absolute atomic E-state index is 12.5. The Bertz CT molecular complexity index is 588. The van der Waals surface area contributed by atoms with E-state index in [-0.39, 0.29) is 17.9 Å². The number of carbonyl (C=O) groups excluding carboxylic acids is 2. The van der Waals surface area contributed by atoms with E-state index in [4.69, 9.17) is 4.74 Å². The number of benzene rings is 1. The summed E-state index contributed by atoms with van der Waals surface area (Å²) in [6, 6.07) is 7.52. The second-order valence-electron chi connectivity index (χ2n) is 6.91. The second-order valence-corrected chi connectivity index (χ2v) is 6.91. The molecule has 2 saturated heterocycles. The first kappa shape index (κ1) is 17.9. The molecular weight excluding hydrogens is 318 g/mol. The lowest BCUT2D eigenvalue weighted by atomic mass is 10.1. The molecule has 0 aliphatic carbocycles. The zero-order valence-electron chi connectivity index (χ0n) is 14.9. The van der Waals surface area contributed by atoms with Crippen LogP contribution < -0.4 is 5.32 Å². The van der Waals surface area contributed by atoms with Crippen molar-refractivity contribution < 1.29 is 14.3 Å². The molecule has 0 saturated carbocycles. The van der Waals surface area contributed by atoms with Crippen molar-refractivity contribution in [3.8, 4) is 0 Å². The van der Waals surface area contributed by atoms with Gasteiger partial charge < -0.3 is 19.9 Å². The summed E-state index contributed by atoms with van der Waals surface area (Å²) in [5.74, 6) is 0.103. The van der Waals surface area contributed by atoms with E-state index in [2.05, 4.69) is 17.3 Å². The predicted octanol–water partition coefficient (Wildman–Crippen LogP) is 1.26. The Morgan fingerprint density at radius 3 is 2.52 bits per heavy atom. The van der Waals surface area contributed by atoms with Crippen molar-refractivity contribution in [3.05, 3.63) is 35.4 Å². The number of hydrogen-bond acceptors (Lipinski definition) is 4. The molecule has 1 N–H and O–H groups in total. The average Bonchev–Trinajstić information content (AvgIpc) is 3.13. The van der Waals surface area contributed by atoms with Gasteiger partial charge in [-0.2, -0.15) is 0 Å². The Balaban J connectivity index is 1.46. The Labute approximate surface area is 149 Å². The summed E-state index contributed by atoms with van der Waals surface area (Å²) in [6.45, 7) is 4.63. The van der Waals surface area contributed by atoms with Crippen LogP contribution in [0.15, 0.2) is 24.3 Å². The zero-order chi connectivity index (χ0) is 17.6. The molecule has 25 heavy (non-hydrogen) atoms. The van der Waals surface area contributed by atoms with Crippen molar-refractivity contribution in [2.75, 3.05) is 39.8 Å². The van der Waals surface area contributed by atoms with Gasteiger partial charge >= 0.3 is 0 Å². The van der Waals surface area contributed by atoms with E-state index in [9.17, 15) is 9.59 Å². The third-order valence-electron chi connectivity index (χ3n) is 4.92. The van der Waals surface area contributed by atoms with Crippen LogP contribution in [0, 0.1) is 0 Å². The zero-order valence-corrected chi connectivity index (χ0v) is 14.9. The van der Waals surface area contributed by atoms with Gasteiger partial charge in [0.05, 0.1) is 12.5 Å². The van der Waals surface area contributed by atoms with Crippen molar-refractivity contribution >= 4 is 11.8 Å². The molecule has 2 amide bonds. The number of piperazine rings is 1. The number of amides is 2. The highest BCUT2D eigenvalue weighted by Crippen LogP contribution is 2.15. The van der Waals surface area contributed by atoms with Crippen LogP contribution in [0.3, 0.4) is 0 Å². The maximum Gasteiger partial charge on any atom is 0.253 e. The van der Waals surface area contributed by atoms with Gasteiger partial charge in [-0.3, -0.25) is 9.59 Å². The molecule has 0 radical (unpaired) electrons. The van der Waals surface area contributed by atoms with Crippen molar-refractivity contribution in [1.82, 2.24) is 15.1 Å². The molecule has 1 aromatic rings. The van der Waals surface area contributed by atoms with Gasteiger partial charge in [-0.15, -0.1) is 0 Å². The fourth-order valence-corrected chi connectivity index (χ4v) is 3.24. The van der Waals surface area contributed by atoms with Crippen LogP contribution in [0.4, 0.5) is 0 Å². The number of hydrogen-bond donors (Lipinski definition) is 1. The van der Waals surface area contributed by atoms with Crippen molar-refractivity contribution in [2.45, 2.75) is 31.9 Å². The number of ether oxygens (including phenoxy) is 1. The Kier molecular flexibility index (Phi) is 6.04. The summed E-state index contributed by atoms with van der Waals surface area (Å²) in [4.78, 5) is 28.6. The summed E-state index contributed by atoms with van der Waals surface area (Å²) in [7, 11) is 2.07. The highest BCUT2D eigenvalue weighted by Gasteiger charge is 2.20. The van der Waals surface area contributed by atoms with Crippen LogP contribution in [0.5, 0.6) is 0 Å². The second kappa shape index (κ2) is 8.45. The molecule has 2 aliphatic heterocycles. The van der Waals surface area contributed by atoms with E-state index in [1.807, 2.05) is 29.2 Å². The van der Waals surface area contributed by atoms with E-state index in [0.717, 1.165) is 51.2 Å². The topological polar surface area (TPSA) is 61.9 Å². The number of rotatable bonds is 5. The number of carbonyl (C=O) groups is 2. The molecule has 2 aliphatic rings. The van der Waals surface area contributed by atoms with Crippen LogP contribution in [0.2, 0.25) is 0 Å². The van der Waals surface area contributed by atoms with Crippen LogP contribution in [-0.4, -0.2) is 67.6 Å². The van der Waals surface area contributed by atoms with Gasteiger partial charge in [-0.05, 0) is 37.6 Å². The summed E-state index contributed by atoms with van der Waals surface area (Å²) < 4.78 is 5.48. The first-order valence-corrected chi connectivity index (χ1v) is 9.07. The number of nitrogens with zero attached hydrogens (tertiary/aromatic N) is 2. The lowest BCUT2D eigenvalue weighted by molar-refractivity contribution is -0.123. The molecule has 0 aromatic heterocycles. The van der Waals surface area contributed by atoms with Crippen molar-refractivity contribution in [1.29, 1.82) is 0 Å². The van der Waals surface area contributed by atoms with Gasteiger partial charge in [0.25, 0.3) is 5.91 Å². The first-order chi connectivity index (χ1) is 12.1. The quantitative estimate of drug-likeness (QED) is 0.873. The number of likely N-dealkylation sites (N-methyl/N-ethyl adjacent to an activating group) is 1. The van der Waals surface area contributed by atoms with E-state index < -0.39 is 0 Å². The normalized spacial score (nSPS) is 21.3. The van der Waals surface area contributed by atoms with Gasteiger partial charge in [0.2, 0.25) is 5.91 Å². The van der Waals surface area contributed by atoms with E-state index in [0.29, 0.717) is 18.5 Å². The lowest BCUT2D eigenvalue weighted by Crippen LogP contribution is -2.47. The third-order valence-corrected chi connectivity index (χ3v) is 4.92. The molecule has 2 fully saturated rings. The van der Waals surface area contributed by atoms with Crippen molar-refractivity contribution in [2.24, 2.45) is 0 Å². The van der Waals surface area contributed by atoms with Gasteiger partial charge in [0.1, 0.15) is 0 Å². The highest BCUT2D eigenvalue weighted by molar-refractivity contribution is 5.94. The minimum Gasteiger partial charge on any atom is -0.378 e. The van der Waals surface area contributed by atoms with Gasteiger partial charge in [-0.1, -0.05) is 12.1 Å². The molecule has 1 aromatic carbocycles. The monoisotopic (exact) mass is 345 g/mol. The molecule has 3 rings (SSSR count). The van der Waals surface area contributed by atoms with E-state index in [1.165, 1.54) is 0 Å². The molecule has 0 bridgehead atoms. The van der Waals surface area contributed by atoms with Gasteiger partial charge in [-0.25, -0.2) is 0 Å². The smallest absolute Gasteiger partial charge is 0.253 e. The van der Waals surface area contributed by atoms with E-state index in [1.54, 1.807) is 0 Å². The molecule has 136 valence electrons. The molecule has 1 atom stereocenters. The summed E-state index contributed by atoms with van der Waals surface area (Å²) >= 11 is 0. The standard InChI is InChI=1S/C19H27N3O3/c1-21-8-10-22(11-9-21)19(24)16-6-4-15(5-7-16)14-20-18(23)13-17-3-2-12-25-17/h4-7,17H,2-3,8-14H2,1H3,(H,20,23).